The van der Waals surface area contributed by atoms with E-state index in [4.69, 9.17) is 0 Å². The summed E-state index contributed by atoms with van der Waals surface area (Å²) in [6.07, 6.45) is 0. The van der Waals surface area contributed by atoms with E-state index < -0.39 is 0 Å². The molecule has 52 heavy (non-hydrogen) atoms. The summed E-state index contributed by atoms with van der Waals surface area (Å²) in [5, 5.41) is 2.45. The van der Waals surface area contributed by atoms with Crippen molar-refractivity contribution in [3.05, 3.63) is 203 Å². The number of nitrogens with zero attached hydrogens (tertiary/aromatic N) is 2. The Hall–Kier alpha value is -5.68. The average Bonchev–Trinajstić information content (AvgIpc) is 3.52. The lowest BCUT2D eigenvalue weighted by Crippen LogP contribution is -2.11. The highest BCUT2D eigenvalue weighted by Crippen LogP contribution is 2.42. The standard InChI is InChI=1S/C48H32Br2N2/c49-38-20-27-42(28-21-38)52-47-30-19-37(31-45(47)44-29-22-39(50)32-48(44)52)35-17-25-41(26-18-35)51(40-23-15-34(16-24-40)33-9-3-1-4-10-33)46-14-8-7-13-43(46)36-11-5-2-6-12-36/h1-32H. The van der Waals surface area contributed by atoms with Crippen LogP contribution in [0.1, 0.15) is 0 Å². The second-order valence-corrected chi connectivity index (χ2v) is 14.7. The van der Waals surface area contributed by atoms with Crippen LogP contribution in [0.5, 0.6) is 0 Å². The average molecular weight is 797 g/mol. The molecule has 8 aromatic carbocycles. The normalized spacial score (nSPS) is 11.3. The summed E-state index contributed by atoms with van der Waals surface area (Å²) in [7, 11) is 0. The van der Waals surface area contributed by atoms with E-state index in [1.807, 2.05) is 0 Å². The highest BCUT2D eigenvalue weighted by atomic mass is 79.9. The Morgan fingerprint density at radius 2 is 0.904 bits per heavy atom. The fourth-order valence-corrected chi connectivity index (χ4v) is 7.85. The minimum absolute atomic E-state index is 1.06. The molecule has 248 valence electrons. The summed E-state index contributed by atoms with van der Waals surface area (Å²) in [5.74, 6) is 0. The number of anilines is 3. The second kappa shape index (κ2) is 13.8. The molecule has 9 rings (SSSR count). The molecule has 9 aromatic rings. The van der Waals surface area contributed by atoms with E-state index in [0.717, 1.165) is 31.7 Å². The van der Waals surface area contributed by atoms with Crippen LogP contribution in [0, 0.1) is 0 Å². The van der Waals surface area contributed by atoms with E-state index in [-0.39, 0.29) is 0 Å². The predicted octanol–water partition coefficient (Wildman–Crippen LogP) is 14.8. The van der Waals surface area contributed by atoms with Gasteiger partial charge in [-0.05, 0) is 107 Å². The molecular weight excluding hydrogens is 764 g/mol. The van der Waals surface area contributed by atoms with Gasteiger partial charge in [-0.1, -0.05) is 147 Å². The zero-order valence-corrected chi connectivity index (χ0v) is 31.3. The number of rotatable bonds is 7. The van der Waals surface area contributed by atoms with Crippen LogP contribution in [0.4, 0.5) is 17.1 Å². The highest BCUT2D eigenvalue weighted by molar-refractivity contribution is 9.10. The molecule has 0 radical (unpaired) electrons. The second-order valence-electron chi connectivity index (χ2n) is 12.9. The van der Waals surface area contributed by atoms with Gasteiger partial charge in [-0.25, -0.2) is 0 Å². The van der Waals surface area contributed by atoms with Gasteiger partial charge < -0.3 is 9.47 Å². The fraction of sp³-hybridized carbons (Fsp3) is 0. The molecule has 0 N–H and O–H groups in total. The molecule has 0 aliphatic carbocycles. The molecule has 0 aliphatic heterocycles. The smallest absolute Gasteiger partial charge is 0.0552 e. The first-order chi connectivity index (χ1) is 25.6. The van der Waals surface area contributed by atoms with Crippen molar-refractivity contribution in [3.8, 4) is 39.1 Å². The summed E-state index contributed by atoms with van der Waals surface area (Å²) in [4.78, 5) is 2.37. The number of benzene rings is 8. The molecule has 1 heterocycles. The quantitative estimate of drug-likeness (QED) is 0.156. The molecule has 0 saturated carbocycles. The minimum Gasteiger partial charge on any atom is -0.310 e. The van der Waals surface area contributed by atoms with E-state index in [2.05, 4.69) is 235 Å². The molecular formula is C48H32Br2N2. The monoisotopic (exact) mass is 794 g/mol. The summed E-state index contributed by atoms with van der Waals surface area (Å²) in [6, 6.07) is 69.6. The Bertz CT molecular complexity index is 2660. The largest absolute Gasteiger partial charge is 0.310 e. The van der Waals surface area contributed by atoms with Gasteiger partial charge in [0, 0.05) is 42.3 Å². The van der Waals surface area contributed by atoms with Gasteiger partial charge in [0.25, 0.3) is 0 Å². The lowest BCUT2D eigenvalue weighted by molar-refractivity contribution is 1.18. The van der Waals surface area contributed by atoms with Crippen LogP contribution in [0.25, 0.3) is 60.9 Å². The highest BCUT2D eigenvalue weighted by Gasteiger charge is 2.18. The maximum absolute atomic E-state index is 3.72. The van der Waals surface area contributed by atoms with Crippen molar-refractivity contribution in [1.82, 2.24) is 4.57 Å². The van der Waals surface area contributed by atoms with Crippen molar-refractivity contribution in [3.63, 3.8) is 0 Å². The van der Waals surface area contributed by atoms with Gasteiger partial charge in [0.05, 0.1) is 16.7 Å². The van der Waals surface area contributed by atoms with E-state index in [0.29, 0.717) is 0 Å². The van der Waals surface area contributed by atoms with E-state index in [9.17, 15) is 0 Å². The Kier molecular flexibility index (Phi) is 8.56. The van der Waals surface area contributed by atoms with Crippen molar-refractivity contribution in [1.29, 1.82) is 0 Å². The SMILES string of the molecule is Brc1ccc(-n2c3ccc(-c4ccc(N(c5ccc(-c6ccccc6)cc5)c5ccccc5-c5ccccc5)cc4)cc3c3ccc(Br)cc32)cc1. The number of aromatic nitrogens is 1. The Morgan fingerprint density at radius 1 is 0.365 bits per heavy atom. The van der Waals surface area contributed by atoms with Crippen molar-refractivity contribution >= 4 is 70.7 Å². The molecule has 0 fully saturated rings. The molecule has 1 aromatic heterocycles. The molecule has 0 saturated heterocycles. The third kappa shape index (κ3) is 6.04. The van der Waals surface area contributed by atoms with Crippen molar-refractivity contribution < 1.29 is 0 Å². The van der Waals surface area contributed by atoms with Crippen LogP contribution in [0.2, 0.25) is 0 Å². The van der Waals surface area contributed by atoms with Gasteiger partial charge in [0.2, 0.25) is 0 Å². The topological polar surface area (TPSA) is 8.17 Å². The molecule has 0 spiro atoms. The fourth-order valence-electron chi connectivity index (χ4n) is 7.24. The summed E-state index contributed by atoms with van der Waals surface area (Å²) < 4.78 is 4.47. The Morgan fingerprint density at radius 3 is 1.58 bits per heavy atom. The first-order valence-corrected chi connectivity index (χ1v) is 18.9. The maximum Gasteiger partial charge on any atom is 0.0552 e. The lowest BCUT2D eigenvalue weighted by Gasteiger charge is -2.28. The molecule has 0 amide bonds. The molecule has 0 unspecified atom stereocenters. The summed E-state index contributed by atoms with van der Waals surface area (Å²) in [5.41, 5.74) is 13.9. The first kappa shape index (κ1) is 32.2. The molecule has 0 atom stereocenters. The third-order valence-corrected chi connectivity index (χ3v) is 10.8. The number of hydrogen-bond donors (Lipinski definition) is 0. The van der Waals surface area contributed by atoms with Crippen LogP contribution >= 0.6 is 31.9 Å². The van der Waals surface area contributed by atoms with Crippen LogP contribution in [-0.4, -0.2) is 4.57 Å². The third-order valence-electron chi connectivity index (χ3n) is 9.73. The number of fused-ring (bicyclic) bond motifs is 3. The van der Waals surface area contributed by atoms with Gasteiger partial charge >= 0.3 is 0 Å². The van der Waals surface area contributed by atoms with Gasteiger partial charge in [-0.15, -0.1) is 0 Å². The Balaban J connectivity index is 1.14. The van der Waals surface area contributed by atoms with Crippen LogP contribution < -0.4 is 4.90 Å². The minimum atomic E-state index is 1.06. The van der Waals surface area contributed by atoms with E-state index >= 15 is 0 Å². The van der Waals surface area contributed by atoms with Gasteiger partial charge in [-0.3, -0.25) is 0 Å². The van der Waals surface area contributed by atoms with Gasteiger partial charge in [0.1, 0.15) is 0 Å². The van der Waals surface area contributed by atoms with Gasteiger partial charge in [-0.2, -0.15) is 0 Å². The van der Waals surface area contributed by atoms with Crippen LogP contribution in [0.3, 0.4) is 0 Å². The van der Waals surface area contributed by atoms with Gasteiger partial charge in [0.15, 0.2) is 0 Å². The number of halogens is 2. The van der Waals surface area contributed by atoms with Crippen molar-refractivity contribution in [2.75, 3.05) is 4.90 Å². The first-order valence-electron chi connectivity index (χ1n) is 17.3. The van der Waals surface area contributed by atoms with Crippen molar-refractivity contribution in [2.24, 2.45) is 0 Å². The predicted molar refractivity (Wildman–Crippen MR) is 227 cm³/mol. The number of hydrogen-bond acceptors (Lipinski definition) is 1. The zero-order chi connectivity index (χ0) is 35.0. The Labute approximate surface area is 320 Å². The van der Waals surface area contributed by atoms with E-state index in [1.54, 1.807) is 0 Å². The molecule has 0 bridgehead atoms. The molecule has 2 nitrogen and oxygen atoms in total. The van der Waals surface area contributed by atoms with E-state index in [1.165, 1.54) is 55.2 Å². The molecule has 4 heteroatoms. The van der Waals surface area contributed by atoms with Crippen molar-refractivity contribution in [2.45, 2.75) is 0 Å². The summed E-state index contributed by atoms with van der Waals surface area (Å²) in [6.45, 7) is 0. The lowest BCUT2D eigenvalue weighted by atomic mass is 10.00. The molecule has 0 aliphatic rings. The summed E-state index contributed by atoms with van der Waals surface area (Å²) >= 11 is 7.32. The van der Waals surface area contributed by atoms with Crippen LogP contribution in [-0.2, 0) is 0 Å². The maximum atomic E-state index is 3.72. The number of para-hydroxylation sites is 1. The van der Waals surface area contributed by atoms with Crippen LogP contribution in [0.15, 0.2) is 203 Å². The zero-order valence-electron chi connectivity index (χ0n) is 28.1.